The quantitative estimate of drug-likeness (QED) is 0.681. The van der Waals surface area contributed by atoms with Crippen molar-refractivity contribution in [2.75, 3.05) is 5.48 Å². The maximum absolute atomic E-state index is 12.2. The smallest absolute Gasteiger partial charge is 0.362 e. The molecule has 2 aromatic rings. The number of ether oxygens (including phenoxy) is 1. The highest BCUT2D eigenvalue weighted by Gasteiger charge is 2.49. The van der Waals surface area contributed by atoms with Gasteiger partial charge in [-0.3, -0.25) is 0 Å². The summed E-state index contributed by atoms with van der Waals surface area (Å²) in [6.07, 6.45) is 2.87. The summed E-state index contributed by atoms with van der Waals surface area (Å²) in [7, 11) is 0. The standard InChI is InChI=1S/C19H23N3O3/c1-19(2,3)22-17(21-25-18(23)12-7-5-4-6-8-12)11-14(20-22)13-9-15-16(10-13)24-15/h4-8,11,13,15-16,21H,9-10H2,1-3H3/t13?,15-,16?/m0/s1. The van der Waals surface area contributed by atoms with E-state index in [1.54, 1.807) is 12.1 Å². The van der Waals surface area contributed by atoms with Crippen LogP contribution in [0.3, 0.4) is 0 Å². The fourth-order valence-corrected chi connectivity index (χ4v) is 3.41. The Morgan fingerprint density at radius 3 is 2.56 bits per heavy atom. The summed E-state index contributed by atoms with van der Waals surface area (Å²) in [6.45, 7) is 6.22. The molecule has 4 rings (SSSR count). The van der Waals surface area contributed by atoms with Gasteiger partial charge in [0.05, 0.1) is 29.0 Å². The molecule has 2 aliphatic rings. The Bertz CT molecular complexity index is 769. The second-order valence-electron chi connectivity index (χ2n) is 7.78. The lowest BCUT2D eigenvalue weighted by atomic mass is 10.0. The summed E-state index contributed by atoms with van der Waals surface area (Å²) >= 11 is 0. The van der Waals surface area contributed by atoms with Crippen LogP contribution in [-0.4, -0.2) is 28.0 Å². The van der Waals surface area contributed by atoms with Gasteiger partial charge in [-0.25, -0.2) is 15.0 Å². The Balaban J connectivity index is 1.51. The number of benzene rings is 1. The summed E-state index contributed by atoms with van der Waals surface area (Å²) in [5.74, 6) is 0.685. The summed E-state index contributed by atoms with van der Waals surface area (Å²) < 4.78 is 7.40. The van der Waals surface area contributed by atoms with Gasteiger partial charge in [0.1, 0.15) is 0 Å². The zero-order chi connectivity index (χ0) is 17.6. The molecule has 0 spiro atoms. The lowest BCUT2D eigenvalue weighted by Gasteiger charge is -2.22. The fraction of sp³-hybridized carbons (Fsp3) is 0.474. The van der Waals surface area contributed by atoms with Gasteiger partial charge in [-0.2, -0.15) is 5.10 Å². The number of aromatic nitrogens is 2. The van der Waals surface area contributed by atoms with Crippen molar-refractivity contribution < 1.29 is 14.4 Å². The number of rotatable bonds is 4. The Morgan fingerprint density at radius 2 is 1.92 bits per heavy atom. The lowest BCUT2D eigenvalue weighted by molar-refractivity contribution is 0.0591. The Kier molecular flexibility index (Phi) is 3.80. The molecular weight excluding hydrogens is 318 g/mol. The van der Waals surface area contributed by atoms with E-state index in [2.05, 4.69) is 26.3 Å². The number of nitrogens with one attached hydrogen (secondary N) is 1. The van der Waals surface area contributed by atoms with E-state index in [0.29, 0.717) is 29.5 Å². The number of epoxide rings is 1. The second kappa shape index (κ2) is 5.88. The first-order valence-electron chi connectivity index (χ1n) is 8.70. The van der Waals surface area contributed by atoms with E-state index in [-0.39, 0.29) is 5.54 Å². The van der Waals surface area contributed by atoms with Crippen molar-refractivity contribution in [3.63, 3.8) is 0 Å². The van der Waals surface area contributed by atoms with Gasteiger partial charge in [0.2, 0.25) is 0 Å². The van der Waals surface area contributed by atoms with Crippen molar-refractivity contribution in [3.8, 4) is 0 Å². The minimum absolute atomic E-state index is 0.224. The van der Waals surface area contributed by atoms with Crippen LogP contribution in [0.5, 0.6) is 0 Å². The largest absolute Gasteiger partial charge is 0.370 e. The van der Waals surface area contributed by atoms with Gasteiger partial charge in [-0.1, -0.05) is 18.2 Å². The molecule has 0 bridgehead atoms. The number of hydrogen-bond acceptors (Lipinski definition) is 5. The molecular formula is C19H23N3O3. The van der Waals surface area contributed by atoms with Crippen molar-refractivity contribution in [3.05, 3.63) is 47.7 Å². The molecule has 0 radical (unpaired) electrons. The molecule has 1 aliphatic heterocycles. The molecule has 0 amide bonds. The predicted molar refractivity (Wildman–Crippen MR) is 93.3 cm³/mol. The van der Waals surface area contributed by atoms with Crippen LogP contribution in [0.15, 0.2) is 36.4 Å². The molecule has 6 nitrogen and oxygen atoms in total. The molecule has 1 saturated heterocycles. The van der Waals surface area contributed by atoms with Gasteiger partial charge in [0.15, 0.2) is 5.82 Å². The number of fused-ring (bicyclic) bond motifs is 1. The minimum atomic E-state index is -0.417. The van der Waals surface area contributed by atoms with Crippen molar-refractivity contribution in [2.24, 2.45) is 0 Å². The molecule has 6 heteroatoms. The van der Waals surface area contributed by atoms with Crippen LogP contribution in [0.25, 0.3) is 0 Å². The first-order valence-corrected chi connectivity index (χ1v) is 8.70. The highest BCUT2D eigenvalue weighted by atomic mass is 16.7. The van der Waals surface area contributed by atoms with Crippen molar-refractivity contribution in [1.29, 1.82) is 0 Å². The molecule has 2 fully saturated rings. The van der Waals surface area contributed by atoms with Crippen LogP contribution in [0.1, 0.15) is 55.6 Å². The van der Waals surface area contributed by atoms with Gasteiger partial charge < -0.3 is 9.57 Å². The first kappa shape index (κ1) is 16.1. The molecule has 2 unspecified atom stereocenters. The van der Waals surface area contributed by atoms with Gasteiger partial charge in [-0.05, 0) is 45.7 Å². The molecule has 1 aromatic heterocycles. The third kappa shape index (κ3) is 3.26. The van der Waals surface area contributed by atoms with E-state index in [9.17, 15) is 4.79 Å². The summed E-state index contributed by atoms with van der Waals surface area (Å²) in [5.41, 5.74) is 4.12. The minimum Gasteiger partial charge on any atom is -0.370 e. The molecule has 1 N–H and O–H groups in total. The topological polar surface area (TPSA) is 68.7 Å². The van der Waals surface area contributed by atoms with E-state index in [1.807, 2.05) is 28.9 Å². The Labute approximate surface area is 147 Å². The third-order valence-corrected chi connectivity index (χ3v) is 4.76. The molecule has 3 atom stereocenters. The van der Waals surface area contributed by atoms with Crippen LogP contribution in [0, 0.1) is 0 Å². The van der Waals surface area contributed by atoms with Crippen LogP contribution in [0.2, 0.25) is 0 Å². The molecule has 1 saturated carbocycles. The van der Waals surface area contributed by atoms with E-state index in [4.69, 9.17) is 14.7 Å². The first-order chi connectivity index (χ1) is 11.9. The highest BCUT2D eigenvalue weighted by molar-refractivity contribution is 5.89. The molecule has 2 heterocycles. The van der Waals surface area contributed by atoms with E-state index >= 15 is 0 Å². The molecule has 132 valence electrons. The Hall–Kier alpha value is -2.34. The number of nitrogens with zero attached hydrogens (tertiary/aromatic N) is 2. The Morgan fingerprint density at radius 1 is 1.24 bits per heavy atom. The maximum Gasteiger partial charge on any atom is 0.362 e. The van der Waals surface area contributed by atoms with E-state index < -0.39 is 5.97 Å². The summed E-state index contributed by atoms with van der Waals surface area (Å²) in [4.78, 5) is 17.4. The van der Waals surface area contributed by atoms with Crippen molar-refractivity contribution in [1.82, 2.24) is 9.78 Å². The average molecular weight is 341 g/mol. The average Bonchev–Trinajstić information content (AvgIpc) is 3.00. The zero-order valence-electron chi connectivity index (χ0n) is 14.7. The molecule has 1 aromatic carbocycles. The maximum atomic E-state index is 12.2. The van der Waals surface area contributed by atoms with Gasteiger partial charge in [0, 0.05) is 12.0 Å². The van der Waals surface area contributed by atoms with Gasteiger partial charge in [0.25, 0.3) is 0 Å². The fourth-order valence-electron chi connectivity index (χ4n) is 3.41. The van der Waals surface area contributed by atoms with E-state index in [0.717, 1.165) is 18.5 Å². The van der Waals surface area contributed by atoms with Crippen LogP contribution < -0.4 is 5.48 Å². The second-order valence-corrected chi connectivity index (χ2v) is 7.78. The predicted octanol–water partition coefficient (Wildman–Crippen LogP) is 3.47. The van der Waals surface area contributed by atoms with Crippen LogP contribution >= 0.6 is 0 Å². The SMILES string of the molecule is CC(C)(C)n1nc(C2CC3O[C@H]3C2)cc1NOC(=O)c1ccccc1. The van der Waals surface area contributed by atoms with Crippen molar-refractivity contribution in [2.45, 2.75) is 57.3 Å². The number of carbonyl (C=O) groups is 1. The summed E-state index contributed by atoms with van der Waals surface area (Å²) in [5, 5.41) is 4.78. The summed E-state index contributed by atoms with van der Waals surface area (Å²) in [6, 6.07) is 10.9. The lowest BCUT2D eigenvalue weighted by Crippen LogP contribution is -2.26. The zero-order valence-corrected chi connectivity index (χ0v) is 14.7. The molecule has 25 heavy (non-hydrogen) atoms. The third-order valence-electron chi connectivity index (χ3n) is 4.76. The molecule has 1 aliphatic carbocycles. The van der Waals surface area contributed by atoms with Gasteiger partial charge in [-0.15, -0.1) is 0 Å². The number of anilines is 1. The number of carbonyl (C=O) groups excluding carboxylic acids is 1. The van der Waals surface area contributed by atoms with Crippen molar-refractivity contribution >= 4 is 11.8 Å². The van der Waals surface area contributed by atoms with Crippen LogP contribution in [-0.2, 0) is 15.1 Å². The highest BCUT2D eigenvalue weighted by Crippen LogP contribution is 2.47. The van der Waals surface area contributed by atoms with Crippen LogP contribution in [0.4, 0.5) is 5.82 Å². The van der Waals surface area contributed by atoms with E-state index in [1.165, 1.54) is 0 Å². The van der Waals surface area contributed by atoms with Gasteiger partial charge >= 0.3 is 5.97 Å². The monoisotopic (exact) mass is 341 g/mol. The normalized spacial score (nSPS) is 24.7. The number of hydrogen-bond donors (Lipinski definition) is 1.